The van der Waals surface area contributed by atoms with Crippen molar-refractivity contribution < 1.29 is 26.7 Å². The van der Waals surface area contributed by atoms with Crippen molar-refractivity contribution in [1.29, 1.82) is 0 Å². The number of rotatable bonds is 8. The highest BCUT2D eigenvalue weighted by atomic mass is 35.5. The lowest BCUT2D eigenvalue weighted by Gasteiger charge is -2.19. The number of hydrogen-bond donors (Lipinski definition) is 0. The summed E-state index contributed by atoms with van der Waals surface area (Å²) < 4.78 is 48.0. The van der Waals surface area contributed by atoms with Crippen molar-refractivity contribution >= 4 is 44.6 Å². The van der Waals surface area contributed by atoms with Crippen molar-refractivity contribution in [2.45, 2.75) is 19.8 Å². The lowest BCUT2D eigenvalue weighted by Crippen LogP contribution is -2.29. The van der Waals surface area contributed by atoms with Gasteiger partial charge in [0.05, 0.1) is 21.9 Å². The van der Waals surface area contributed by atoms with Crippen molar-refractivity contribution in [3.8, 4) is 16.9 Å². The second-order valence-corrected chi connectivity index (χ2v) is 11.0. The molecule has 0 radical (unpaired) electrons. The number of anilines is 1. The maximum Gasteiger partial charge on any atom is 0.374 e. The van der Waals surface area contributed by atoms with E-state index < -0.39 is 15.9 Å². The van der Waals surface area contributed by atoms with Crippen molar-refractivity contribution in [3.05, 3.63) is 95.2 Å². The molecule has 0 bridgehead atoms. The van der Waals surface area contributed by atoms with Crippen LogP contribution in [0.1, 0.15) is 25.7 Å². The van der Waals surface area contributed by atoms with Crippen LogP contribution in [-0.2, 0) is 17.2 Å². The Morgan fingerprint density at radius 2 is 1.87 bits per heavy atom. The molecule has 0 atom stereocenters. The topological polar surface area (TPSA) is 86.7 Å². The van der Waals surface area contributed by atoms with Gasteiger partial charge in [-0.25, -0.2) is 8.42 Å². The zero-order valence-electron chi connectivity index (χ0n) is 21.1. The molecule has 7 nitrogen and oxygen atoms in total. The van der Waals surface area contributed by atoms with Gasteiger partial charge in [-0.2, -0.15) is 4.57 Å². The van der Waals surface area contributed by atoms with Gasteiger partial charge < -0.3 is 18.6 Å². The largest absolute Gasteiger partial charge is 0.748 e. The lowest BCUT2D eigenvalue weighted by molar-refractivity contribution is -0.652. The minimum absolute atomic E-state index is 0.173. The van der Waals surface area contributed by atoms with Gasteiger partial charge in [0.2, 0.25) is 11.5 Å². The Balaban J connectivity index is 1.52. The summed E-state index contributed by atoms with van der Waals surface area (Å²) >= 11 is 6.17. The molecule has 0 amide bonds. The highest BCUT2D eigenvalue weighted by Crippen LogP contribution is 2.42. The van der Waals surface area contributed by atoms with E-state index in [2.05, 4.69) is 0 Å². The number of aromatic nitrogens is 1. The molecule has 0 fully saturated rings. The van der Waals surface area contributed by atoms with E-state index in [4.69, 9.17) is 20.8 Å². The summed E-state index contributed by atoms with van der Waals surface area (Å²) in [4.78, 5) is 1.93. The molecular weight excluding hydrogens is 524 g/mol. The minimum atomic E-state index is -4.32. The Morgan fingerprint density at radius 1 is 1.08 bits per heavy atom. The van der Waals surface area contributed by atoms with Crippen LogP contribution in [0, 0.1) is 0 Å². The van der Waals surface area contributed by atoms with E-state index >= 15 is 0 Å². The Hall–Kier alpha value is -3.59. The second kappa shape index (κ2) is 10.6. The van der Waals surface area contributed by atoms with Gasteiger partial charge in [0.1, 0.15) is 7.05 Å². The first-order valence-electron chi connectivity index (χ1n) is 12.3. The predicted octanol–water partition coefficient (Wildman–Crippen LogP) is 6.05. The van der Waals surface area contributed by atoms with E-state index in [0.717, 1.165) is 33.5 Å². The van der Waals surface area contributed by atoms with E-state index in [9.17, 15) is 13.0 Å². The maximum absolute atomic E-state index is 11.3. The summed E-state index contributed by atoms with van der Waals surface area (Å²) in [6, 6.07) is 21.4. The van der Waals surface area contributed by atoms with Crippen LogP contribution in [0.25, 0.3) is 28.3 Å². The number of halogens is 1. The van der Waals surface area contributed by atoms with Crippen molar-refractivity contribution in [3.63, 3.8) is 0 Å². The third-order valence-corrected chi connectivity index (χ3v) is 7.49. The standard InChI is InChI=1S/C29H27ClN2O5S/c1-3-20(16-28-31(2)24-19-23(30)11-13-26(24)36-28)17-29-32(14-7-15-38(33,34)35)25-18-22(10-12-27(25)37-29)21-8-5-4-6-9-21/h4-6,8-13,16-19H,3,7,14-15H2,1-2H3. The van der Waals surface area contributed by atoms with Gasteiger partial charge in [-0.05, 0) is 53.8 Å². The van der Waals surface area contributed by atoms with Gasteiger partial charge in [0.25, 0.3) is 5.52 Å². The molecule has 9 heteroatoms. The fourth-order valence-electron chi connectivity index (χ4n) is 4.48. The first-order valence-corrected chi connectivity index (χ1v) is 14.3. The molecule has 0 saturated carbocycles. The molecule has 38 heavy (non-hydrogen) atoms. The van der Waals surface area contributed by atoms with Crippen molar-refractivity contribution in [1.82, 2.24) is 0 Å². The van der Waals surface area contributed by atoms with Gasteiger partial charge >= 0.3 is 5.89 Å². The van der Waals surface area contributed by atoms with Crippen LogP contribution in [0.5, 0.6) is 5.75 Å². The highest BCUT2D eigenvalue weighted by molar-refractivity contribution is 7.85. The van der Waals surface area contributed by atoms with E-state index in [-0.39, 0.29) is 6.42 Å². The second-order valence-electron chi connectivity index (χ2n) is 9.08. The summed E-state index contributed by atoms with van der Waals surface area (Å²) in [6.07, 6.45) is 4.74. The van der Waals surface area contributed by atoms with E-state index in [1.165, 1.54) is 0 Å². The molecule has 0 spiro atoms. The fourth-order valence-corrected chi connectivity index (χ4v) is 5.13. The molecule has 1 aliphatic heterocycles. The van der Waals surface area contributed by atoms with Crippen LogP contribution >= 0.6 is 11.6 Å². The van der Waals surface area contributed by atoms with Crippen LogP contribution in [-0.4, -0.2) is 25.3 Å². The SMILES string of the molecule is CCC(=Cc1oc2ccc(Cl)cc2[n+]1C)C=C1Oc2ccc(-c3ccccc3)cc2N1CCCS(=O)(=O)[O-]. The first-order chi connectivity index (χ1) is 18.2. The Kier molecular flexibility index (Phi) is 7.29. The fraction of sp³-hybridized carbons (Fsp3) is 0.207. The van der Waals surface area contributed by atoms with E-state index in [1.807, 2.05) is 96.3 Å². The summed E-state index contributed by atoms with van der Waals surface area (Å²) in [5.41, 5.74) is 5.44. The Labute approximate surface area is 227 Å². The molecule has 1 aliphatic rings. The highest BCUT2D eigenvalue weighted by Gasteiger charge is 2.27. The zero-order valence-corrected chi connectivity index (χ0v) is 22.6. The first kappa shape index (κ1) is 26.0. The molecule has 0 N–H and O–H groups in total. The quantitative estimate of drug-likeness (QED) is 0.196. The van der Waals surface area contributed by atoms with E-state index in [1.54, 1.807) is 6.07 Å². The zero-order chi connectivity index (χ0) is 26.9. The number of nitrogens with zero attached hydrogens (tertiary/aromatic N) is 2. The molecule has 1 aromatic heterocycles. The molecule has 4 aromatic rings. The normalized spacial score (nSPS) is 14.8. The van der Waals surface area contributed by atoms with Gasteiger partial charge in [0, 0.05) is 29.5 Å². The number of benzene rings is 3. The maximum atomic E-state index is 11.3. The third-order valence-electron chi connectivity index (χ3n) is 6.47. The number of allylic oxidation sites excluding steroid dienone is 2. The van der Waals surface area contributed by atoms with Crippen LogP contribution in [0.4, 0.5) is 5.69 Å². The number of oxazole rings is 1. The summed E-state index contributed by atoms with van der Waals surface area (Å²) in [5.74, 6) is 1.43. The summed E-state index contributed by atoms with van der Waals surface area (Å²) in [5, 5.41) is 0.630. The number of aryl methyl sites for hydroxylation is 1. The van der Waals surface area contributed by atoms with Crippen LogP contribution in [0.2, 0.25) is 5.02 Å². The molecule has 0 unspecified atom stereocenters. The lowest BCUT2D eigenvalue weighted by atomic mass is 10.0. The Bertz CT molecular complexity index is 1660. The molecule has 196 valence electrons. The predicted molar refractivity (Wildman–Crippen MR) is 148 cm³/mol. The van der Waals surface area contributed by atoms with Gasteiger partial charge in [-0.3, -0.25) is 0 Å². The smallest absolute Gasteiger partial charge is 0.374 e. The molecule has 0 aliphatic carbocycles. The molecular formula is C29H27ClN2O5S. The van der Waals surface area contributed by atoms with Crippen molar-refractivity contribution in [2.75, 3.05) is 17.2 Å². The van der Waals surface area contributed by atoms with E-state index in [0.29, 0.717) is 35.5 Å². The minimum Gasteiger partial charge on any atom is -0.748 e. The van der Waals surface area contributed by atoms with Crippen molar-refractivity contribution in [2.24, 2.45) is 7.05 Å². The number of ether oxygens (including phenoxy) is 1. The summed E-state index contributed by atoms with van der Waals surface area (Å²) in [6.45, 7) is 2.35. The molecule has 3 aromatic carbocycles. The third kappa shape index (κ3) is 5.62. The summed E-state index contributed by atoms with van der Waals surface area (Å²) in [7, 11) is -2.41. The average Bonchev–Trinajstić information content (AvgIpc) is 3.39. The average molecular weight is 551 g/mol. The van der Waals surface area contributed by atoms with Gasteiger partial charge in [-0.1, -0.05) is 54.9 Å². The monoisotopic (exact) mass is 550 g/mol. The molecule has 0 saturated heterocycles. The van der Waals surface area contributed by atoms with Crippen LogP contribution < -0.4 is 14.2 Å². The van der Waals surface area contributed by atoms with Crippen LogP contribution in [0.3, 0.4) is 0 Å². The molecule has 5 rings (SSSR count). The van der Waals surface area contributed by atoms with Gasteiger partial charge in [0.15, 0.2) is 5.75 Å². The molecule has 2 heterocycles. The number of fused-ring (bicyclic) bond motifs is 2. The van der Waals surface area contributed by atoms with Gasteiger partial charge in [-0.15, -0.1) is 0 Å². The van der Waals surface area contributed by atoms with Crippen LogP contribution in [0.15, 0.2) is 88.7 Å². The Morgan fingerprint density at radius 3 is 2.61 bits per heavy atom. The number of hydrogen-bond acceptors (Lipinski definition) is 6.